The zero-order valence-corrected chi connectivity index (χ0v) is 30.6. The van der Waals surface area contributed by atoms with E-state index in [1.807, 2.05) is 0 Å². The quantitative estimate of drug-likeness (QED) is 0.244. The molecule has 20 heteroatoms. The molecule has 0 spiro atoms. The number of carbonyl (C=O) groups is 2. The average molecular weight is 780 g/mol. The second-order valence-corrected chi connectivity index (χ2v) is 13.4. The molecule has 0 bridgehead atoms. The summed E-state index contributed by atoms with van der Waals surface area (Å²) in [5.74, 6) is -1.35. The number of carbonyl (C=O) groups excluding carboxylic acids is 2. The van der Waals surface area contributed by atoms with Crippen LogP contribution in [0.15, 0.2) is 52.3 Å². The Hall–Kier alpha value is -6.24. The van der Waals surface area contributed by atoms with Crippen LogP contribution in [-0.2, 0) is 38.0 Å². The normalized spacial score (nSPS) is 13.6. The Bertz CT molecular complexity index is 2660. The van der Waals surface area contributed by atoms with Crippen molar-refractivity contribution in [2.24, 2.45) is 14.1 Å². The number of amides is 2. The molecule has 6 aromatic rings. The number of piperazine rings is 1. The fourth-order valence-corrected chi connectivity index (χ4v) is 6.96. The van der Waals surface area contributed by atoms with Crippen LogP contribution in [0.4, 0.5) is 24.5 Å². The molecule has 5 heterocycles. The molecule has 0 atom stereocenters. The number of nitrogens with zero attached hydrogens (tertiary/aromatic N) is 10. The van der Waals surface area contributed by atoms with Crippen LogP contribution in [-0.4, -0.2) is 86.3 Å². The first-order chi connectivity index (χ1) is 26.1. The van der Waals surface area contributed by atoms with Gasteiger partial charge in [0.25, 0.3) is 11.5 Å². The van der Waals surface area contributed by atoms with Gasteiger partial charge in [-0.2, -0.15) is 22.7 Å². The van der Waals surface area contributed by atoms with Crippen LogP contribution >= 0.6 is 11.6 Å². The molecule has 0 radical (unpaired) electrons. The maximum atomic E-state index is 14.4. The number of imidazole rings is 1. The number of rotatable bonds is 7. The summed E-state index contributed by atoms with van der Waals surface area (Å²) in [6.07, 6.45) is -3.21. The van der Waals surface area contributed by atoms with Gasteiger partial charge >= 0.3 is 11.9 Å². The van der Waals surface area contributed by atoms with E-state index in [1.54, 1.807) is 51.0 Å². The molecule has 286 valence electrons. The summed E-state index contributed by atoms with van der Waals surface area (Å²) < 4.78 is 45.4. The highest BCUT2D eigenvalue weighted by atomic mass is 35.5. The molecule has 2 amide bonds. The van der Waals surface area contributed by atoms with E-state index in [9.17, 15) is 37.5 Å². The van der Waals surface area contributed by atoms with Crippen molar-refractivity contribution in [2.75, 3.05) is 36.4 Å². The van der Waals surface area contributed by atoms with Gasteiger partial charge in [-0.3, -0.25) is 23.5 Å². The van der Waals surface area contributed by atoms with Crippen LogP contribution in [0.5, 0.6) is 5.75 Å². The molecule has 1 saturated heterocycles. The van der Waals surface area contributed by atoms with Gasteiger partial charge in [-0.1, -0.05) is 18.5 Å². The van der Waals surface area contributed by atoms with Crippen LogP contribution in [0, 0.1) is 6.92 Å². The number of aromatic nitrogens is 8. The molecular formula is C35H33ClF3N11O5. The molecule has 1 aliphatic rings. The molecule has 1 aliphatic heterocycles. The summed E-state index contributed by atoms with van der Waals surface area (Å²) in [5, 5.41) is 17.2. The minimum atomic E-state index is -4.64. The zero-order valence-electron chi connectivity index (χ0n) is 29.8. The number of halogens is 4. The van der Waals surface area contributed by atoms with Crippen molar-refractivity contribution in [1.82, 2.24) is 43.2 Å². The number of fused-ring (bicyclic) bond motifs is 2. The van der Waals surface area contributed by atoms with Gasteiger partial charge in [0.2, 0.25) is 11.7 Å². The highest BCUT2D eigenvalue weighted by Gasteiger charge is 2.32. The van der Waals surface area contributed by atoms with E-state index in [4.69, 9.17) is 11.6 Å². The predicted molar refractivity (Wildman–Crippen MR) is 195 cm³/mol. The number of hydrogen-bond acceptors (Lipinski definition) is 10. The van der Waals surface area contributed by atoms with Crippen molar-refractivity contribution in [2.45, 2.75) is 33.0 Å². The number of alkyl halides is 3. The van der Waals surface area contributed by atoms with Gasteiger partial charge in [0.1, 0.15) is 18.6 Å². The number of aryl methyl sites for hydroxylation is 3. The first-order valence-corrected chi connectivity index (χ1v) is 17.4. The summed E-state index contributed by atoms with van der Waals surface area (Å²) in [4.78, 5) is 69.8. The van der Waals surface area contributed by atoms with Crippen molar-refractivity contribution in [3.8, 4) is 17.1 Å². The third-order valence-electron chi connectivity index (χ3n) is 9.65. The Morgan fingerprint density at radius 1 is 0.982 bits per heavy atom. The number of aromatic hydroxyl groups is 1. The lowest BCUT2D eigenvalue weighted by Gasteiger charge is -2.36. The smallest absolute Gasteiger partial charge is 0.416 e. The van der Waals surface area contributed by atoms with Crippen molar-refractivity contribution >= 4 is 51.6 Å². The average Bonchev–Trinajstić information content (AvgIpc) is 3.70. The van der Waals surface area contributed by atoms with E-state index in [-0.39, 0.29) is 83.4 Å². The number of nitrogens with one attached hydrogen (secondary N) is 1. The standard InChI is InChI=1S/C35H33ClF3N11O5/c1-5-23-28(47-10-12-48(13-11-47)31(53)27-29(52)18(2)40-17-41-27)32(54)50-33(43-30(44-50)19-6-9-24-25(14-19)46(4)34(55)45(24)3)49(23)16-26(51)42-22-8-7-20(15-21(22)36)35(37,38)39/h6-9,14-15,17,52H,5,10-13,16H2,1-4H3,(H,42,51). The Morgan fingerprint density at radius 3 is 2.36 bits per heavy atom. The van der Waals surface area contributed by atoms with Gasteiger partial charge in [0, 0.05) is 45.8 Å². The van der Waals surface area contributed by atoms with Gasteiger partial charge < -0.3 is 24.8 Å². The Kier molecular flexibility index (Phi) is 9.36. The van der Waals surface area contributed by atoms with Gasteiger partial charge in [-0.05, 0) is 49.7 Å². The van der Waals surface area contributed by atoms with Crippen LogP contribution in [0.1, 0.15) is 34.4 Å². The maximum absolute atomic E-state index is 14.4. The van der Waals surface area contributed by atoms with E-state index in [1.165, 1.54) is 24.9 Å². The second-order valence-electron chi connectivity index (χ2n) is 13.0. The lowest BCUT2D eigenvalue weighted by molar-refractivity contribution is -0.137. The molecule has 1 fully saturated rings. The first kappa shape index (κ1) is 37.1. The fourth-order valence-electron chi connectivity index (χ4n) is 6.73. The molecule has 2 N–H and O–H groups in total. The molecule has 2 aromatic carbocycles. The Labute approximate surface area is 314 Å². The van der Waals surface area contributed by atoms with E-state index in [0.717, 1.165) is 16.6 Å². The van der Waals surface area contributed by atoms with Gasteiger partial charge in [-0.25, -0.2) is 14.8 Å². The zero-order chi connectivity index (χ0) is 39.5. The van der Waals surface area contributed by atoms with Crippen molar-refractivity contribution in [3.63, 3.8) is 0 Å². The van der Waals surface area contributed by atoms with Crippen LogP contribution in [0.2, 0.25) is 5.02 Å². The third kappa shape index (κ3) is 6.53. The van der Waals surface area contributed by atoms with Gasteiger partial charge in [0.15, 0.2) is 17.3 Å². The van der Waals surface area contributed by atoms with E-state index in [0.29, 0.717) is 28.4 Å². The van der Waals surface area contributed by atoms with Crippen LogP contribution < -0.4 is 21.5 Å². The topological polar surface area (TPSA) is 178 Å². The van der Waals surface area contributed by atoms with E-state index >= 15 is 0 Å². The molecule has 55 heavy (non-hydrogen) atoms. The minimum Gasteiger partial charge on any atom is -0.504 e. The van der Waals surface area contributed by atoms with E-state index < -0.39 is 35.7 Å². The lowest BCUT2D eigenvalue weighted by atomic mass is 10.2. The minimum absolute atomic E-state index is 0.0136. The largest absolute Gasteiger partial charge is 0.504 e. The molecule has 0 saturated carbocycles. The number of benzene rings is 2. The predicted octanol–water partition coefficient (Wildman–Crippen LogP) is 3.39. The molecule has 0 aliphatic carbocycles. The van der Waals surface area contributed by atoms with Crippen molar-refractivity contribution in [3.05, 3.63) is 91.2 Å². The third-order valence-corrected chi connectivity index (χ3v) is 9.97. The summed E-state index contributed by atoms with van der Waals surface area (Å²) in [6.45, 7) is 3.61. The Morgan fingerprint density at radius 2 is 1.69 bits per heavy atom. The molecule has 4 aromatic heterocycles. The summed E-state index contributed by atoms with van der Waals surface area (Å²) in [7, 11) is 3.27. The molecule has 16 nitrogen and oxygen atoms in total. The van der Waals surface area contributed by atoms with E-state index in [2.05, 4.69) is 25.4 Å². The molecule has 0 unspecified atom stereocenters. The monoisotopic (exact) mass is 779 g/mol. The van der Waals surface area contributed by atoms with Crippen LogP contribution in [0.25, 0.3) is 28.2 Å². The highest BCUT2D eigenvalue weighted by Crippen LogP contribution is 2.34. The SMILES string of the molecule is CCc1c(N2CCN(C(=O)c3ncnc(C)c3O)CC2)c(=O)n2nc(-c3ccc4c(c3)n(C)c(=O)n4C)nc2n1CC(=O)Nc1ccc(C(F)(F)F)cc1Cl. The van der Waals surface area contributed by atoms with Gasteiger partial charge in [-0.15, -0.1) is 5.10 Å². The summed E-state index contributed by atoms with van der Waals surface area (Å²) >= 11 is 6.14. The Balaban J connectivity index is 1.29. The molecule has 7 rings (SSSR count). The van der Waals surface area contributed by atoms with Crippen molar-refractivity contribution < 1.29 is 27.9 Å². The molecular weight excluding hydrogens is 747 g/mol. The fraction of sp³-hybridized carbons (Fsp3) is 0.314. The lowest BCUT2D eigenvalue weighted by Crippen LogP contribution is -2.51. The first-order valence-electron chi connectivity index (χ1n) is 17.0. The highest BCUT2D eigenvalue weighted by molar-refractivity contribution is 6.33. The number of anilines is 2. The summed E-state index contributed by atoms with van der Waals surface area (Å²) in [5.41, 5.74) is 0.675. The second kappa shape index (κ2) is 13.9. The number of hydrogen-bond donors (Lipinski definition) is 2. The van der Waals surface area contributed by atoms with Crippen molar-refractivity contribution in [1.29, 1.82) is 0 Å². The van der Waals surface area contributed by atoms with Gasteiger partial charge in [0.05, 0.1) is 38.7 Å². The summed E-state index contributed by atoms with van der Waals surface area (Å²) in [6, 6.07) is 7.73. The maximum Gasteiger partial charge on any atom is 0.416 e. The van der Waals surface area contributed by atoms with Crippen LogP contribution in [0.3, 0.4) is 0 Å².